The first-order valence-corrected chi connectivity index (χ1v) is 4.28. The second-order valence-corrected chi connectivity index (χ2v) is 3.43. The third-order valence-electron chi connectivity index (χ3n) is 1.81. The van der Waals surface area contributed by atoms with E-state index in [4.69, 9.17) is 5.73 Å². The van der Waals surface area contributed by atoms with E-state index in [1.165, 1.54) is 0 Å². The standard InChI is InChI=1S/C8H8BrN3/c1-5-6(9)4-7(10)8-11-2-3-12(5)8/h2-4,11H,1,10H2. The zero-order valence-corrected chi connectivity index (χ0v) is 7.93. The smallest absolute Gasteiger partial charge is 0.138 e. The van der Waals surface area contributed by atoms with Gasteiger partial charge in [0.05, 0.1) is 11.4 Å². The highest BCUT2D eigenvalue weighted by atomic mass is 79.9. The van der Waals surface area contributed by atoms with Crippen molar-refractivity contribution in [3.8, 4) is 0 Å². The van der Waals surface area contributed by atoms with Crippen LogP contribution in [-0.2, 0) is 0 Å². The minimum absolute atomic E-state index is 0.708. The molecule has 0 unspecified atom stereocenters. The van der Waals surface area contributed by atoms with Crippen LogP contribution in [0.4, 0.5) is 0 Å². The summed E-state index contributed by atoms with van der Waals surface area (Å²) in [5.74, 6) is 0.878. The van der Waals surface area contributed by atoms with Gasteiger partial charge in [0.25, 0.3) is 0 Å². The number of rotatable bonds is 0. The highest BCUT2D eigenvalue weighted by molar-refractivity contribution is 9.12. The Morgan fingerprint density at radius 3 is 3.08 bits per heavy atom. The highest BCUT2D eigenvalue weighted by Gasteiger charge is 2.22. The predicted octanol–water partition coefficient (Wildman–Crippen LogP) is 1.30. The van der Waals surface area contributed by atoms with Gasteiger partial charge in [0, 0.05) is 16.9 Å². The Labute approximate surface area is 79.0 Å². The molecule has 0 aromatic rings. The molecule has 2 heterocycles. The lowest BCUT2D eigenvalue weighted by Crippen LogP contribution is -2.25. The van der Waals surface area contributed by atoms with Crippen LogP contribution in [0.3, 0.4) is 0 Å². The lowest BCUT2D eigenvalue weighted by atomic mass is 10.2. The summed E-state index contributed by atoms with van der Waals surface area (Å²) in [6.45, 7) is 3.90. The predicted molar refractivity (Wildman–Crippen MR) is 51.5 cm³/mol. The average molecular weight is 226 g/mol. The van der Waals surface area contributed by atoms with Gasteiger partial charge in [-0.25, -0.2) is 0 Å². The van der Waals surface area contributed by atoms with Crippen LogP contribution in [0.15, 0.2) is 46.8 Å². The molecule has 0 fully saturated rings. The molecule has 0 atom stereocenters. The highest BCUT2D eigenvalue weighted by Crippen LogP contribution is 2.30. The van der Waals surface area contributed by atoms with Crippen molar-refractivity contribution < 1.29 is 0 Å². The molecule has 0 spiro atoms. The van der Waals surface area contributed by atoms with E-state index in [9.17, 15) is 0 Å². The summed E-state index contributed by atoms with van der Waals surface area (Å²) in [5.41, 5.74) is 7.36. The van der Waals surface area contributed by atoms with Crippen LogP contribution < -0.4 is 11.1 Å². The van der Waals surface area contributed by atoms with Crippen molar-refractivity contribution in [2.75, 3.05) is 0 Å². The van der Waals surface area contributed by atoms with Crippen molar-refractivity contribution in [2.24, 2.45) is 5.73 Å². The monoisotopic (exact) mass is 225 g/mol. The molecule has 12 heavy (non-hydrogen) atoms. The number of halogens is 1. The van der Waals surface area contributed by atoms with E-state index >= 15 is 0 Å². The van der Waals surface area contributed by atoms with E-state index < -0.39 is 0 Å². The Bertz CT molecular complexity index is 338. The lowest BCUT2D eigenvalue weighted by molar-refractivity contribution is 0.578. The Balaban J connectivity index is 2.50. The molecule has 0 saturated heterocycles. The molecule has 0 bridgehead atoms. The van der Waals surface area contributed by atoms with Crippen LogP contribution in [0.2, 0.25) is 0 Å². The third-order valence-corrected chi connectivity index (χ3v) is 2.49. The molecule has 0 aromatic carbocycles. The molecule has 0 radical (unpaired) electrons. The van der Waals surface area contributed by atoms with Gasteiger partial charge < -0.3 is 11.1 Å². The van der Waals surface area contributed by atoms with Crippen molar-refractivity contribution in [2.45, 2.75) is 0 Å². The van der Waals surface area contributed by atoms with Crippen LogP contribution in [0, 0.1) is 0 Å². The molecule has 2 aliphatic heterocycles. The van der Waals surface area contributed by atoms with E-state index in [1.54, 1.807) is 0 Å². The van der Waals surface area contributed by atoms with Crippen molar-refractivity contribution in [3.05, 3.63) is 46.8 Å². The van der Waals surface area contributed by atoms with Crippen molar-refractivity contribution >= 4 is 15.9 Å². The summed E-state index contributed by atoms with van der Waals surface area (Å²) >= 11 is 3.37. The largest absolute Gasteiger partial charge is 0.396 e. The fourth-order valence-corrected chi connectivity index (χ4v) is 1.62. The summed E-state index contributed by atoms with van der Waals surface area (Å²) in [6.07, 6.45) is 5.56. The summed E-state index contributed by atoms with van der Waals surface area (Å²) < 4.78 is 0.914. The molecule has 62 valence electrons. The number of hydrogen-bond acceptors (Lipinski definition) is 3. The number of hydrogen-bond donors (Lipinski definition) is 2. The summed E-state index contributed by atoms with van der Waals surface area (Å²) in [6, 6.07) is 0. The molecule has 0 aromatic heterocycles. The maximum absolute atomic E-state index is 5.76. The van der Waals surface area contributed by atoms with Gasteiger partial charge in [0.1, 0.15) is 5.82 Å². The van der Waals surface area contributed by atoms with E-state index in [1.807, 2.05) is 23.4 Å². The van der Waals surface area contributed by atoms with Crippen LogP contribution in [0.5, 0.6) is 0 Å². The van der Waals surface area contributed by atoms with E-state index in [0.717, 1.165) is 16.0 Å². The molecule has 4 heteroatoms. The van der Waals surface area contributed by atoms with Gasteiger partial charge in [0.15, 0.2) is 0 Å². The van der Waals surface area contributed by atoms with Crippen molar-refractivity contribution in [1.82, 2.24) is 10.2 Å². The van der Waals surface area contributed by atoms with Crippen LogP contribution in [-0.4, -0.2) is 4.90 Å². The average Bonchev–Trinajstić information content (AvgIpc) is 2.48. The van der Waals surface area contributed by atoms with Crippen molar-refractivity contribution in [1.29, 1.82) is 0 Å². The molecular formula is C8H8BrN3. The zero-order valence-electron chi connectivity index (χ0n) is 6.34. The fraction of sp³-hybridized carbons (Fsp3) is 0. The minimum Gasteiger partial charge on any atom is -0.396 e. The summed E-state index contributed by atoms with van der Waals surface area (Å²) in [5, 5.41) is 3.03. The second kappa shape index (κ2) is 2.42. The number of fused-ring (bicyclic) bond motifs is 1. The van der Waals surface area contributed by atoms with Crippen LogP contribution >= 0.6 is 15.9 Å². The molecular weight excluding hydrogens is 218 g/mol. The Kier molecular flexibility index (Phi) is 1.51. The van der Waals surface area contributed by atoms with E-state index in [-0.39, 0.29) is 0 Å². The Hall–Kier alpha value is -1.16. The summed E-state index contributed by atoms with van der Waals surface area (Å²) in [7, 11) is 0. The Morgan fingerprint density at radius 1 is 1.58 bits per heavy atom. The van der Waals surface area contributed by atoms with Gasteiger partial charge in [-0.15, -0.1) is 0 Å². The van der Waals surface area contributed by atoms with Gasteiger partial charge in [-0.05, 0) is 22.0 Å². The second-order valence-electron chi connectivity index (χ2n) is 2.57. The molecule has 2 rings (SSSR count). The molecule has 3 N–H and O–H groups in total. The van der Waals surface area contributed by atoms with Gasteiger partial charge in [-0.1, -0.05) is 6.58 Å². The maximum Gasteiger partial charge on any atom is 0.138 e. The minimum atomic E-state index is 0.708. The van der Waals surface area contributed by atoms with E-state index in [0.29, 0.717) is 5.70 Å². The van der Waals surface area contributed by atoms with Gasteiger partial charge in [0.2, 0.25) is 0 Å². The molecule has 0 amide bonds. The third kappa shape index (κ3) is 0.881. The maximum atomic E-state index is 5.76. The Morgan fingerprint density at radius 2 is 2.33 bits per heavy atom. The first kappa shape index (κ1) is 7.49. The molecule has 3 nitrogen and oxygen atoms in total. The zero-order chi connectivity index (χ0) is 8.72. The quantitative estimate of drug-likeness (QED) is 0.654. The van der Waals surface area contributed by atoms with Gasteiger partial charge >= 0.3 is 0 Å². The molecule has 2 aliphatic rings. The first-order chi connectivity index (χ1) is 5.70. The SMILES string of the molecule is C=C1C(Br)=CC(N)=C2NC=CN12. The fourth-order valence-electron chi connectivity index (χ4n) is 1.19. The number of nitrogens with one attached hydrogen (secondary N) is 1. The van der Waals surface area contributed by atoms with Crippen molar-refractivity contribution in [3.63, 3.8) is 0 Å². The van der Waals surface area contributed by atoms with Gasteiger partial charge in [-0.3, -0.25) is 4.90 Å². The summed E-state index contributed by atoms with van der Waals surface area (Å²) in [4.78, 5) is 1.90. The normalized spacial score (nSPS) is 20.9. The number of nitrogens with two attached hydrogens (primary N) is 1. The first-order valence-electron chi connectivity index (χ1n) is 3.49. The van der Waals surface area contributed by atoms with Crippen LogP contribution in [0.1, 0.15) is 0 Å². The van der Waals surface area contributed by atoms with Gasteiger partial charge in [-0.2, -0.15) is 0 Å². The molecule has 0 saturated carbocycles. The lowest BCUT2D eigenvalue weighted by Gasteiger charge is -2.25. The topological polar surface area (TPSA) is 41.3 Å². The van der Waals surface area contributed by atoms with E-state index in [2.05, 4.69) is 27.8 Å². The number of allylic oxidation sites excluding steroid dienone is 2. The number of nitrogens with zero attached hydrogens (tertiary/aromatic N) is 1. The molecule has 0 aliphatic carbocycles. The van der Waals surface area contributed by atoms with Crippen LogP contribution in [0.25, 0.3) is 0 Å².